The molecule has 0 aliphatic heterocycles. The fourth-order valence-electron chi connectivity index (χ4n) is 1.96. The Balaban J connectivity index is 2.30. The summed E-state index contributed by atoms with van der Waals surface area (Å²) in [7, 11) is 0. The zero-order chi connectivity index (χ0) is 14.8. The minimum absolute atomic E-state index is 0.268. The van der Waals surface area contributed by atoms with Crippen molar-refractivity contribution in [2.24, 2.45) is 0 Å². The number of nitrogen functional groups attached to an aromatic ring is 1. The molecule has 20 heavy (non-hydrogen) atoms. The predicted octanol–water partition coefficient (Wildman–Crippen LogP) is 3.91. The molecular formula is C14H15F3N2O. The standard InChI is InChI=1S/C14H15F3N2O/c1-2-19(9-11-4-3-7-20-11)10-5-6-13(18)12(8-10)14(15,16)17/h3-8H,2,9,18H2,1H3. The van der Waals surface area contributed by atoms with Gasteiger partial charge in [0.2, 0.25) is 0 Å². The van der Waals surface area contributed by atoms with Crippen molar-refractivity contribution >= 4 is 11.4 Å². The van der Waals surface area contributed by atoms with Gasteiger partial charge in [0.15, 0.2) is 0 Å². The van der Waals surface area contributed by atoms with Crippen LogP contribution < -0.4 is 10.6 Å². The molecule has 0 fully saturated rings. The average molecular weight is 284 g/mol. The molecule has 3 nitrogen and oxygen atoms in total. The normalized spacial score (nSPS) is 11.6. The lowest BCUT2D eigenvalue weighted by molar-refractivity contribution is -0.136. The Bertz CT molecular complexity index is 564. The largest absolute Gasteiger partial charge is 0.467 e. The fourth-order valence-corrected chi connectivity index (χ4v) is 1.96. The molecule has 0 atom stereocenters. The van der Waals surface area contributed by atoms with Crippen molar-refractivity contribution < 1.29 is 17.6 Å². The third-order valence-electron chi connectivity index (χ3n) is 3.02. The highest BCUT2D eigenvalue weighted by molar-refractivity contribution is 5.59. The molecule has 1 heterocycles. The van der Waals surface area contributed by atoms with Crippen molar-refractivity contribution in [3.63, 3.8) is 0 Å². The second kappa shape index (κ2) is 5.48. The van der Waals surface area contributed by atoms with Gasteiger partial charge in [-0.2, -0.15) is 13.2 Å². The van der Waals surface area contributed by atoms with Crippen molar-refractivity contribution in [3.05, 3.63) is 47.9 Å². The Hall–Kier alpha value is -2.11. The lowest BCUT2D eigenvalue weighted by Gasteiger charge is -2.23. The van der Waals surface area contributed by atoms with E-state index in [0.29, 0.717) is 24.5 Å². The van der Waals surface area contributed by atoms with Gasteiger partial charge in [-0.25, -0.2) is 0 Å². The van der Waals surface area contributed by atoms with Gasteiger partial charge in [-0.3, -0.25) is 0 Å². The Labute approximate surface area is 114 Å². The molecular weight excluding hydrogens is 269 g/mol. The highest BCUT2D eigenvalue weighted by atomic mass is 19.4. The van der Waals surface area contributed by atoms with Crippen molar-refractivity contribution in [1.29, 1.82) is 0 Å². The van der Waals surface area contributed by atoms with Gasteiger partial charge < -0.3 is 15.1 Å². The molecule has 108 valence electrons. The molecule has 2 N–H and O–H groups in total. The van der Waals surface area contributed by atoms with E-state index >= 15 is 0 Å². The first-order chi connectivity index (χ1) is 9.41. The maximum Gasteiger partial charge on any atom is 0.418 e. The smallest absolute Gasteiger partial charge is 0.418 e. The molecule has 0 radical (unpaired) electrons. The quantitative estimate of drug-likeness (QED) is 0.866. The number of nitrogens with two attached hydrogens (primary N) is 1. The first kappa shape index (κ1) is 14.3. The average Bonchev–Trinajstić information content (AvgIpc) is 2.88. The number of hydrogen-bond donors (Lipinski definition) is 1. The molecule has 1 aromatic heterocycles. The molecule has 0 saturated heterocycles. The Morgan fingerprint density at radius 3 is 2.55 bits per heavy atom. The van der Waals surface area contributed by atoms with E-state index in [1.165, 1.54) is 12.3 Å². The van der Waals surface area contributed by atoms with Crippen LogP contribution in [0.15, 0.2) is 41.0 Å². The fraction of sp³-hybridized carbons (Fsp3) is 0.286. The SMILES string of the molecule is CCN(Cc1ccco1)c1ccc(N)c(C(F)(F)F)c1. The summed E-state index contributed by atoms with van der Waals surface area (Å²) in [5.41, 5.74) is 4.78. The summed E-state index contributed by atoms with van der Waals surface area (Å²) in [6, 6.07) is 7.46. The lowest BCUT2D eigenvalue weighted by Crippen LogP contribution is -2.22. The Morgan fingerprint density at radius 2 is 2.00 bits per heavy atom. The lowest BCUT2D eigenvalue weighted by atomic mass is 10.1. The monoisotopic (exact) mass is 284 g/mol. The van der Waals surface area contributed by atoms with Gasteiger partial charge in [-0.15, -0.1) is 0 Å². The highest BCUT2D eigenvalue weighted by Crippen LogP contribution is 2.36. The number of anilines is 2. The molecule has 0 aliphatic rings. The molecule has 0 bridgehead atoms. The van der Waals surface area contributed by atoms with Crippen molar-refractivity contribution in [1.82, 2.24) is 0 Å². The van der Waals surface area contributed by atoms with Gasteiger partial charge in [0.05, 0.1) is 18.4 Å². The maximum absolute atomic E-state index is 12.9. The number of halogens is 3. The first-order valence-electron chi connectivity index (χ1n) is 6.16. The molecule has 0 spiro atoms. The van der Waals surface area contributed by atoms with Gasteiger partial charge in [0.1, 0.15) is 5.76 Å². The first-order valence-corrected chi connectivity index (χ1v) is 6.16. The van der Waals surface area contributed by atoms with Crippen LogP contribution in [-0.2, 0) is 12.7 Å². The topological polar surface area (TPSA) is 42.4 Å². The van der Waals surface area contributed by atoms with E-state index in [0.717, 1.165) is 6.07 Å². The van der Waals surface area contributed by atoms with Crippen LogP contribution in [0.2, 0.25) is 0 Å². The molecule has 0 unspecified atom stereocenters. The van der Waals surface area contributed by atoms with Crippen LogP contribution in [-0.4, -0.2) is 6.54 Å². The molecule has 0 aliphatic carbocycles. The Morgan fingerprint density at radius 1 is 1.25 bits per heavy atom. The van der Waals surface area contributed by atoms with Crippen LogP contribution in [0.4, 0.5) is 24.5 Å². The van der Waals surface area contributed by atoms with Crippen molar-refractivity contribution in [2.75, 3.05) is 17.2 Å². The minimum atomic E-state index is -4.45. The van der Waals surface area contributed by atoms with E-state index in [4.69, 9.17) is 10.2 Å². The minimum Gasteiger partial charge on any atom is -0.467 e. The van der Waals surface area contributed by atoms with E-state index in [9.17, 15) is 13.2 Å². The zero-order valence-corrected chi connectivity index (χ0v) is 10.9. The molecule has 6 heteroatoms. The van der Waals surface area contributed by atoms with E-state index in [1.807, 2.05) is 6.92 Å². The summed E-state index contributed by atoms with van der Waals surface area (Å²) in [6.45, 7) is 2.83. The molecule has 0 amide bonds. The van der Waals surface area contributed by atoms with Gasteiger partial charge in [-0.1, -0.05) is 0 Å². The van der Waals surface area contributed by atoms with Gasteiger partial charge in [0, 0.05) is 17.9 Å². The van der Waals surface area contributed by atoms with Crippen molar-refractivity contribution in [3.8, 4) is 0 Å². The molecule has 1 aromatic carbocycles. The second-order valence-electron chi connectivity index (χ2n) is 4.36. The van der Waals surface area contributed by atoms with Gasteiger partial charge >= 0.3 is 6.18 Å². The van der Waals surface area contributed by atoms with Crippen LogP contribution in [0.3, 0.4) is 0 Å². The van der Waals surface area contributed by atoms with Gasteiger partial charge in [-0.05, 0) is 37.3 Å². The molecule has 2 rings (SSSR count). The number of hydrogen-bond acceptors (Lipinski definition) is 3. The summed E-state index contributed by atoms with van der Waals surface area (Å²) >= 11 is 0. The van der Waals surface area contributed by atoms with E-state index in [2.05, 4.69) is 0 Å². The number of nitrogens with zero attached hydrogens (tertiary/aromatic N) is 1. The van der Waals surface area contributed by atoms with E-state index < -0.39 is 11.7 Å². The molecule has 2 aromatic rings. The van der Waals surface area contributed by atoms with E-state index in [-0.39, 0.29) is 5.69 Å². The van der Waals surface area contributed by atoms with Crippen LogP contribution in [0.5, 0.6) is 0 Å². The van der Waals surface area contributed by atoms with Crippen LogP contribution in [0, 0.1) is 0 Å². The zero-order valence-electron chi connectivity index (χ0n) is 10.9. The number of benzene rings is 1. The number of alkyl halides is 3. The van der Waals surface area contributed by atoms with Crippen LogP contribution in [0.25, 0.3) is 0 Å². The summed E-state index contributed by atoms with van der Waals surface area (Å²) in [5.74, 6) is 0.692. The van der Waals surface area contributed by atoms with Crippen LogP contribution in [0.1, 0.15) is 18.2 Å². The Kier molecular flexibility index (Phi) is 3.92. The third kappa shape index (κ3) is 3.07. The van der Waals surface area contributed by atoms with Gasteiger partial charge in [0.25, 0.3) is 0 Å². The van der Waals surface area contributed by atoms with Crippen molar-refractivity contribution in [2.45, 2.75) is 19.6 Å². The van der Waals surface area contributed by atoms with E-state index in [1.54, 1.807) is 23.1 Å². The summed E-state index contributed by atoms with van der Waals surface area (Å²) < 4.78 is 43.8. The number of furan rings is 1. The predicted molar refractivity (Wildman–Crippen MR) is 71.3 cm³/mol. The summed E-state index contributed by atoms with van der Waals surface area (Å²) in [5, 5.41) is 0. The third-order valence-corrected chi connectivity index (χ3v) is 3.02. The maximum atomic E-state index is 12.9. The summed E-state index contributed by atoms with van der Waals surface area (Å²) in [4.78, 5) is 1.79. The summed E-state index contributed by atoms with van der Waals surface area (Å²) in [6.07, 6.45) is -2.92. The number of rotatable bonds is 4. The molecule has 0 saturated carbocycles. The van der Waals surface area contributed by atoms with Crippen LogP contribution >= 0.6 is 0 Å². The highest BCUT2D eigenvalue weighted by Gasteiger charge is 2.33. The second-order valence-corrected chi connectivity index (χ2v) is 4.36.